The van der Waals surface area contributed by atoms with E-state index in [0.717, 1.165) is 23.8 Å². The second-order valence-electron chi connectivity index (χ2n) is 5.39. The molecule has 0 bridgehead atoms. The number of aliphatic hydroxyl groups is 1. The van der Waals surface area contributed by atoms with Gasteiger partial charge in [-0.2, -0.15) is 0 Å². The van der Waals surface area contributed by atoms with Crippen LogP contribution in [0.15, 0.2) is 48.5 Å². The quantitative estimate of drug-likeness (QED) is 0.758. The van der Waals surface area contributed by atoms with Gasteiger partial charge in [0.25, 0.3) is 0 Å². The summed E-state index contributed by atoms with van der Waals surface area (Å²) in [6, 6.07) is 10.3. The molecule has 0 aliphatic carbocycles. The molecular formula is C18H20F2N2O2. The highest BCUT2D eigenvalue weighted by Crippen LogP contribution is 2.21. The smallest absolute Gasteiger partial charge is 0.315 e. The minimum Gasteiger partial charge on any atom is -0.394 e. The average molecular weight is 334 g/mol. The molecule has 0 saturated heterocycles. The average Bonchev–Trinajstić information content (AvgIpc) is 2.60. The van der Waals surface area contributed by atoms with E-state index in [1.54, 1.807) is 31.2 Å². The fourth-order valence-corrected chi connectivity index (χ4v) is 2.46. The molecule has 2 amide bonds. The van der Waals surface area contributed by atoms with Crippen LogP contribution in [0.5, 0.6) is 0 Å². The van der Waals surface area contributed by atoms with Crippen LogP contribution in [-0.4, -0.2) is 17.7 Å². The SMILES string of the molecule is CCC(NC(=O)NC(CO)c1ccccc1)c1cc(F)ccc1F. The van der Waals surface area contributed by atoms with Crippen LogP contribution in [-0.2, 0) is 0 Å². The van der Waals surface area contributed by atoms with Gasteiger partial charge in [-0.1, -0.05) is 37.3 Å². The van der Waals surface area contributed by atoms with Crippen molar-refractivity contribution in [1.82, 2.24) is 10.6 Å². The van der Waals surface area contributed by atoms with E-state index in [9.17, 15) is 18.7 Å². The maximum Gasteiger partial charge on any atom is 0.315 e. The molecule has 2 rings (SSSR count). The molecule has 6 heteroatoms. The molecule has 0 saturated carbocycles. The van der Waals surface area contributed by atoms with Crippen molar-refractivity contribution in [2.45, 2.75) is 25.4 Å². The molecule has 0 aromatic heterocycles. The van der Waals surface area contributed by atoms with Crippen LogP contribution in [0, 0.1) is 11.6 Å². The summed E-state index contributed by atoms with van der Waals surface area (Å²) in [6.07, 6.45) is 0.392. The third-order valence-corrected chi connectivity index (χ3v) is 3.74. The Balaban J connectivity index is 2.07. The summed E-state index contributed by atoms with van der Waals surface area (Å²) in [5, 5.41) is 14.7. The van der Waals surface area contributed by atoms with Gasteiger partial charge in [-0.25, -0.2) is 13.6 Å². The topological polar surface area (TPSA) is 61.4 Å². The van der Waals surface area contributed by atoms with E-state index >= 15 is 0 Å². The van der Waals surface area contributed by atoms with E-state index in [1.807, 2.05) is 6.07 Å². The molecule has 0 aliphatic heterocycles. The maximum absolute atomic E-state index is 13.9. The van der Waals surface area contributed by atoms with Crippen LogP contribution in [0.2, 0.25) is 0 Å². The molecule has 0 aliphatic rings. The van der Waals surface area contributed by atoms with Crippen molar-refractivity contribution in [1.29, 1.82) is 0 Å². The van der Waals surface area contributed by atoms with Gasteiger partial charge in [0.05, 0.1) is 18.7 Å². The molecule has 2 atom stereocenters. The molecular weight excluding hydrogens is 314 g/mol. The Morgan fingerprint density at radius 3 is 2.38 bits per heavy atom. The zero-order valence-electron chi connectivity index (χ0n) is 13.3. The molecule has 4 nitrogen and oxygen atoms in total. The minimum absolute atomic E-state index is 0.0907. The molecule has 3 N–H and O–H groups in total. The summed E-state index contributed by atoms with van der Waals surface area (Å²) in [5.74, 6) is -1.14. The highest BCUT2D eigenvalue weighted by atomic mass is 19.1. The fourth-order valence-electron chi connectivity index (χ4n) is 2.46. The number of hydrogen-bond donors (Lipinski definition) is 3. The van der Waals surface area contributed by atoms with Crippen molar-refractivity contribution in [3.05, 3.63) is 71.3 Å². The van der Waals surface area contributed by atoms with Crippen molar-refractivity contribution in [2.24, 2.45) is 0 Å². The molecule has 24 heavy (non-hydrogen) atoms. The van der Waals surface area contributed by atoms with Gasteiger partial charge in [0.2, 0.25) is 0 Å². The summed E-state index contributed by atoms with van der Waals surface area (Å²) in [7, 11) is 0. The molecule has 0 heterocycles. The van der Waals surface area contributed by atoms with E-state index < -0.39 is 29.7 Å². The summed E-state index contributed by atoms with van der Waals surface area (Å²) in [6.45, 7) is 1.48. The van der Waals surface area contributed by atoms with Crippen LogP contribution < -0.4 is 10.6 Å². The molecule has 0 radical (unpaired) electrons. The lowest BCUT2D eigenvalue weighted by atomic mass is 10.0. The fraction of sp³-hybridized carbons (Fsp3) is 0.278. The van der Waals surface area contributed by atoms with Crippen LogP contribution >= 0.6 is 0 Å². The maximum atomic E-state index is 13.9. The number of carbonyl (C=O) groups excluding carboxylic acids is 1. The van der Waals surface area contributed by atoms with Crippen molar-refractivity contribution >= 4 is 6.03 Å². The number of benzene rings is 2. The normalized spacial score (nSPS) is 13.2. The zero-order chi connectivity index (χ0) is 17.5. The molecule has 128 valence electrons. The highest BCUT2D eigenvalue weighted by Gasteiger charge is 2.19. The minimum atomic E-state index is -0.671. The first kappa shape index (κ1) is 17.9. The van der Waals surface area contributed by atoms with Crippen molar-refractivity contribution in [3.8, 4) is 0 Å². The van der Waals surface area contributed by atoms with Crippen molar-refractivity contribution in [3.63, 3.8) is 0 Å². The summed E-state index contributed by atoms with van der Waals surface area (Å²) in [4.78, 5) is 12.2. The largest absolute Gasteiger partial charge is 0.394 e. The summed E-state index contributed by atoms with van der Waals surface area (Å²) >= 11 is 0. The van der Waals surface area contributed by atoms with Gasteiger partial charge in [0.1, 0.15) is 11.6 Å². The first-order valence-electron chi connectivity index (χ1n) is 7.73. The van der Waals surface area contributed by atoms with E-state index in [2.05, 4.69) is 10.6 Å². The van der Waals surface area contributed by atoms with E-state index in [0.29, 0.717) is 6.42 Å². The third kappa shape index (κ3) is 4.52. The van der Waals surface area contributed by atoms with E-state index in [4.69, 9.17) is 0 Å². The Bertz CT molecular complexity index is 680. The Morgan fingerprint density at radius 1 is 1.08 bits per heavy atom. The number of urea groups is 1. The lowest BCUT2D eigenvalue weighted by Gasteiger charge is -2.22. The number of hydrogen-bond acceptors (Lipinski definition) is 2. The second kappa shape index (κ2) is 8.40. The Labute approximate surface area is 139 Å². The molecule has 2 aromatic carbocycles. The van der Waals surface area contributed by atoms with Crippen LogP contribution in [0.3, 0.4) is 0 Å². The molecule has 0 fully saturated rings. The summed E-state index contributed by atoms with van der Waals surface area (Å²) in [5.41, 5.74) is 0.841. The molecule has 2 aromatic rings. The Kier molecular flexibility index (Phi) is 6.26. The first-order chi connectivity index (χ1) is 11.5. The van der Waals surface area contributed by atoms with E-state index in [-0.39, 0.29) is 12.2 Å². The number of carbonyl (C=O) groups is 1. The number of halogens is 2. The predicted molar refractivity (Wildman–Crippen MR) is 87.3 cm³/mol. The van der Waals surface area contributed by atoms with Gasteiger partial charge in [-0.15, -0.1) is 0 Å². The first-order valence-corrected chi connectivity index (χ1v) is 7.73. The van der Waals surface area contributed by atoms with Crippen LogP contribution in [0.1, 0.15) is 36.6 Å². The van der Waals surface area contributed by atoms with Gasteiger partial charge in [-0.3, -0.25) is 0 Å². The van der Waals surface area contributed by atoms with Gasteiger partial charge < -0.3 is 15.7 Å². The van der Waals surface area contributed by atoms with Crippen LogP contribution in [0.4, 0.5) is 13.6 Å². The zero-order valence-corrected chi connectivity index (χ0v) is 13.3. The molecule has 2 unspecified atom stereocenters. The number of aliphatic hydroxyl groups excluding tert-OH is 1. The standard InChI is InChI=1S/C18H20F2N2O2/c1-2-16(14-10-13(19)8-9-15(14)20)21-18(24)22-17(11-23)12-6-4-3-5-7-12/h3-10,16-17,23H,2,11H2,1H3,(H2,21,22,24). The van der Waals surface area contributed by atoms with Gasteiger partial charge in [0, 0.05) is 5.56 Å². The van der Waals surface area contributed by atoms with Crippen LogP contribution in [0.25, 0.3) is 0 Å². The van der Waals surface area contributed by atoms with Gasteiger partial charge in [-0.05, 0) is 30.2 Å². The summed E-state index contributed by atoms with van der Waals surface area (Å²) < 4.78 is 27.2. The predicted octanol–water partition coefficient (Wildman–Crippen LogP) is 3.45. The third-order valence-electron chi connectivity index (χ3n) is 3.74. The van der Waals surface area contributed by atoms with Gasteiger partial charge in [0.15, 0.2) is 0 Å². The lowest BCUT2D eigenvalue weighted by Crippen LogP contribution is -2.41. The van der Waals surface area contributed by atoms with Gasteiger partial charge >= 0.3 is 6.03 Å². The van der Waals surface area contributed by atoms with E-state index in [1.165, 1.54) is 0 Å². The number of amides is 2. The Morgan fingerprint density at radius 2 is 1.75 bits per heavy atom. The van der Waals surface area contributed by atoms with Crippen molar-refractivity contribution < 1.29 is 18.7 Å². The lowest BCUT2D eigenvalue weighted by molar-refractivity contribution is 0.213. The monoisotopic (exact) mass is 334 g/mol. The number of rotatable bonds is 6. The highest BCUT2D eigenvalue weighted by molar-refractivity contribution is 5.75. The molecule has 0 spiro atoms. The second-order valence-corrected chi connectivity index (χ2v) is 5.39. The van der Waals surface area contributed by atoms with Crippen molar-refractivity contribution in [2.75, 3.05) is 6.61 Å². The Hall–Kier alpha value is -2.47. The number of nitrogens with one attached hydrogen (secondary N) is 2.